The highest BCUT2D eigenvalue weighted by Gasteiger charge is 2.29. The predicted octanol–water partition coefficient (Wildman–Crippen LogP) is 1.16. The molecule has 0 spiro atoms. The molecule has 0 saturated carbocycles. The third-order valence-corrected chi connectivity index (χ3v) is 5.19. The topological polar surface area (TPSA) is 37.4 Å². The summed E-state index contributed by atoms with van der Waals surface area (Å²) in [6.07, 6.45) is 0. The van der Waals surface area contributed by atoms with Crippen LogP contribution in [0.3, 0.4) is 0 Å². The minimum atomic E-state index is -2.97. The van der Waals surface area contributed by atoms with E-state index in [0.29, 0.717) is 23.6 Å². The van der Waals surface area contributed by atoms with Gasteiger partial charge in [-0.15, -0.1) is 0 Å². The Labute approximate surface area is 84.9 Å². The van der Waals surface area contributed by atoms with Gasteiger partial charge in [0.05, 0.1) is 5.75 Å². The van der Waals surface area contributed by atoms with E-state index in [4.69, 9.17) is 0 Å². The van der Waals surface area contributed by atoms with Gasteiger partial charge in [0.25, 0.3) is 0 Å². The molecule has 1 rings (SSSR count). The van der Waals surface area contributed by atoms with Gasteiger partial charge in [0, 0.05) is 23.6 Å². The molecular formula is C8H17NO2S2. The van der Waals surface area contributed by atoms with Gasteiger partial charge in [-0.2, -0.15) is 16.1 Å². The third-order valence-electron chi connectivity index (χ3n) is 2.14. The Morgan fingerprint density at radius 1 is 1.31 bits per heavy atom. The SMILES string of the molecule is CCS(=O)(=O)N1CC(C)SC(C)C1. The van der Waals surface area contributed by atoms with Crippen LogP contribution >= 0.6 is 11.8 Å². The zero-order valence-electron chi connectivity index (χ0n) is 8.36. The lowest BCUT2D eigenvalue weighted by Gasteiger charge is -2.33. The Kier molecular flexibility index (Phi) is 3.65. The van der Waals surface area contributed by atoms with Crippen LogP contribution in [-0.4, -0.2) is 42.1 Å². The first-order chi connectivity index (χ1) is 5.95. The molecule has 0 aromatic rings. The Morgan fingerprint density at radius 3 is 2.15 bits per heavy atom. The van der Waals surface area contributed by atoms with Crippen molar-refractivity contribution in [3.63, 3.8) is 0 Å². The first kappa shape index (κ1) is 11.3. The van der Waals surface area contributed by atoms with E-state index >= 15 is 0 Å². The largest absolute Gasteiger partial charge is 0.213 e. The van der Waals surface area contributed by atoms with Crippen LogP contribution in [0.2, 0.25) is 0 Å². The minimum Gasteiger partial charge on any atom is -0.212 e. The summed E-state index contributed by atoms with van der Waals surface area (Å²) < 4.78 is 24.7. The van der Waals surface area contributed by atoms with Crippen molar-refractivity contribution in [2.45, 2.75) is 31.3 Å². The monoisotopic (exact) mass is 223 g/mol. The summed E-state index contributed by atoms with van der Waals surface area (Å²) in [4.78, 5) is 0. The molecule has 0 bridgehead atoms. The van der Waals surface area contributed by atoms with E-state index in [9.17, 15) is 8.42 Å². The molecule has 1 aliphatic heterocycles. The van der Waals surface area contributed by atoms with Crippen LogP contribution in [0.1, 0.15) is 20.8 Å². The highest BCUT2D eigenvalue weighted by molar-refractivity contribution is 8.00. The molecule has 1 heterocycles. The summed E-state index contributed by atoms with van der Waals surface area (Å²) >= 11 is 1.87. The molecule has 0 aromatic carbocycles. The molecule has 5 heteroatoms. The summed E-state index contributed by atoms with van der Waals surface area (Å²) in [5.74, 6) is 0.219. The van der Waals surface area contributed by atoms with Gasteiger partial charge in [-0.3, -0.25) is 0 Å². The van der Waals surface area contributed by atoms with Crippen molar-refractivity contribution in [2.75, 3.05) is 18.8 Å². The number of hydrogen-bond donors (Lipinski definition) is 0. The van der Waals surface area contributed by atoms with Crippen LogP contribution in [0.25, 0.3) is 0 Å². The third kappa shape index (κ3) is 2.86. The van der Waals surface area contributed by atoms with Gasteiger partial charge in [0.1, 0.15) is 0 Å². The molecule has 13 heavy (non-hydrogen) atoms. The van der Waals surface area contributed by atoms with Crippen molar-refractivity contribution in [3.8, 4) is 0 Å². The van der Waals surface area contributed by atoms with Crippen LogP contribution in [0, 0.1) is 0 Å². The lowest BCUT2D eigenvalue weighted by molar-refractivity contribution is 0.405. The second-order valence-electron chi connectivity index (χ2n) is 3.47. The van der Waals surface area contributed by atoms with Gasteiger partial charge in [-0.05, 0) is 6.92 Å². The fourth-order valence-electron chi connectivity index (χ4n) is 1.54. The normalized spacial score (nSPS) is 31.9. The molecule has 1 saturated heterocycles. The fourth-order valence-corrected chi connectivity index (χ4v) is 4.32. The zero-order valence-corrected chi connectivity index (χ0v) is 9.99. The highest BCUT2D eigenvalue weighted by Crippen LogP contribution is 2.26. The lowest BCUT2D eigenvalue weighted by atomic mass is 10.4. The van der Waals surface area contributed by atoms with E-state index in [-0.39, 0.29) is 5.75 Å². The molecular weight excluding hydrogens is 206 g/mol. The van der Waals surface area contributed by atoms with Gasteiger partial charge < -0.3 is 0 Å². The van der Waals surface area contributed by atoms with E-state index < -0.39 is 10.0 Å². The van der Waals surface area contributed by atoms with Crippen molar-refractivity contribution in [3.05, 3.63) is 0 Å². The molecule has 1 fully saturated rings. The molecule has 0 N–H and O–H groups in total. The Balaban J connectivity index is 2.71. The zero-order chi connectivity index (χ0) is 10.1. The Morgan fingerprint density at radius 2 is 1.77 bits per heavy atom. The standard InChI is InChI=1S/C8H17NO2S2/c1-4-13(10,11)9-5-7(2)12-8(3)6-9/h7-8H,4-6H2,1-3H3. The van der Waals surface area contributed by atoms with Crippen LogP contribution < -0.4 is 0 Å². The average molecular weight is 223 g/mol. The van der Waals surface area contributed by atoms with E-state index in [0.717, 1.165) is 0 Å². The van der Waals surface area contributed by atoms with Crippen molar-refractivity contribution >= 4 is 21.8 Å². The second-order valence-corrected chi connectivity index (χ2v) is 7.61. The van der Waals surface area contributed by atoms with Gasteiger partial charge in [-0.25, -0.2) is 8.42 Å². The van der Waals surface area contributed by atoms with Crippen LogP contribution in [0.4, 0.5) is 0 Å². The maximum Gasteiger partial charge on any atom is 0.213 e. The highest BCUT2D eigenvalue weighted by atomic mass is 32.2. The minimum absolute atomic E-state index is 0.219. The van der Waals surface area contributed by atoms with Crippen molar-refractivity contribution < 1.29 is 8.42 Å². The molecule has 1 aliphatic rings. The Hall–Kier alpha value is 0.260. The quantitative estimate of drug-likeness (QED) is 0.705. The number of rotatable bonds is 2. The van der Waals surface area contributed by atoms with Crippen LogP contribution in [0.5, 0.6) is 0 Å². The Bertz CT molecular complexity index is 253. The van der Waals surface area contributed by atoms with Crippen LogP contribution in [-0.2, 0) is 10.0 Å². The van der Waals surface area contributed by atoms with Gasteiger partial charge in [-0.1, -0.05) is 13.8 Å². The summed E-state index contributed by atoms with van der Waals surface area (Å²) in [5, 5.41) is 0.843. The smallest absolute Gasteiger partial charge is 0.212 e. The summed E-state index contributed by atoms with van der Waals surface area (Å²) in [5.41, 5.74) is 0. The predicted molar refractivity (Wildman–Crippen MR) is 57.5 cm³/mol. The number of sulfonamides is 1. The first-order valence-electron chi connectivity index (χ1n) is 4.59. The number of thioether (sulfide) groups is 1. The van der Waals surface area contributed by atoms with Crippen LogP contribution in [0.15, 0.2) is 0 Å². The summed E-state index contributed by atoms with van der Waals surface area (Å²) in [6.45, 7) is 7.21. The molecule has 2 unspecified atom stereocenters. The van der Waals surface area contributed by atoms with Gasteiger partial charge in [0.2, 0.25) is 10.0 Å². The van der Waals surface area contributed by atoms with Gasteiger partial charge >= 0.3 is 0 Å². The van der Waals surface area contributed by atoms with Crippen molar-refractivity contribution in [1.29, 1.82) is 0 Å². The molecule has 2 atom stereocenters. The first-order valence-corrected chi connectivity index (χ1v) is 7.14. The molecule has 3 nitrogen and oxygen atoms in total. The number of nitrogens with zero attached hydrogens (tertiary/aromatic N) is 1. The van der Waals surface area contributed by atoms with E-state index in [1.165, 1.54) is 0 Å². The molecule has 78 valence electrons. The fraction of sp³-hybridized carbons (Fsp3) is 1.00. The maximum absolute atomic E-state index is 11.6. The molecule has 0 amide bonds. The molecule has 0 radical (unpaired) electrons. The average Bonchev–Trinajstić information content (AvgIpc) is 2.02. The van der Waals surface area contributed by atoms with Crippen molar-refractivity contribution in [2.24, 2.45) is 0 Å². The second kappa shape index (κ2) is 4.19. The van der Waals surface area contributed by atoms with Crippen molar-refractivity contribution in [1.82, 2.24) is 4.31 Å². The lowest BCUT2D eigenvalue weighted by Crippen LogP contribution is -2.44. The van der Waals surface area contributed by atoms with E-state index in [1.807, 2.05) is 11.8 Å². The maximum atomic E-state index is 11.6. The summed E-state index contributed by atoms with van der Waals surface area (Å²) in [6, 6.07) is 0. The molecule has 0 aliphatic carbocycles. The molecule has 0 aromatic heterocycles. The van der Waals surface area contributed by atoms with E-state index in [2.05, 4.69) is 13.8 Å². The number of hydrogen-bond acceptors (Lipinski definition) is 3. The van der Waals surface area contributed by atoms with E-state index in [1.54, 1.807) is 11.2 Å². The summed E-state index contributed by atoms with van der Waals surface area (Å²) in [7, 11) is -2.97. The van der Waals surface area contributed by atoms with Gasteiger partial charge in [0.15, 0.2) is 0 Å².